The maximum atomic E-state index is 13.1. The molecule has 2 amide bonds. The molecule has 2 unspecified atom stereocenters. The standard InChI is InChI=1S/C24H27FN2O4/c1-5-30-19-8-6-7-17-13-20(31-22(17)19)15(4)26-24(29)21(14(2)3)27-23(28)16-9-11-18(25)12-10-16/h6-15,21H,5H2,1-4H3,(H,26,29)(H,27,28). The number of rotatable bonds is 8. The average Bonchev–Trinajstić information content (AvgIpc) is 3.18. The Morgan fingerprint density at radius 3 is 2.42 bits per heavy atom. The number of carbonyl (C=O) groups excluding carboxylic acids is 2. The fourth-order valence-electron chi connectivity index (χ4n) is 3.27. The number of fused-ring (bicyclic) bond motifs is 1. The third kappa shape index (κ3) is 5.23. The van der Waals surface area contributed by atoms with E-state index in [0.717, 1.165) is 5.39 Å². The summed E-state index contributed by atoms with van der Waals surface area (Å²) in [7, 11) is 0. The number of ether oxygens (including phenoxy) is 1. The van der Waals surface area contributed by atoms with E-state index in [1.807, 2.05) is 52.0 Å². The van der Waals surface area contributed by atoms with Crippen LogP contribution < -0.4 is 15.4 Å². The van der Waals surface area contributed by atoms with E-state index in [9.17, 15) is 14.0 Å². The van der Waals surface area contributed by atoms with E-state index < -0.39 is 23.8 Å². The van der Waals surface area contributed by atoms with Gasteiger partial charge in [0, 0.05) is 10.9 Å². The van der Waals surface area contributed by atoms with Crippen molar-refractivity contribution in [2.75, 3.05) is 6.61 Å². The van der Waals surface area contributed by atoms with E-state index >= 15 is 0 Å². The predicted molar refractivity (Wildman–Crippen MR) is 116 cm³/mol. The number of halogens is 1. The summed E-state index contributed by atoms with van der Waals surface area (Å²) in [5.74, 6) is -0.118. The van der Waals surface area contributed by atoms with Crippen molar-refractivity contribution in [2.45, 2.75) is 39.8 Å². The van der Waals surface area contributed by atoms with E-state index in [4.69, 9.17) is 9.15 Å². The minimum atomic E-state index is -0.761. The zero-order valence-electron chi connectivity index (χ0n) is 18.1. The number of hydrogen-bond donors (Lipinski definition) is 2. The van der Waals surface area contributed by atoms with E-state index in [-0.39, 0.29) is 17.4 Å². The molecule has 1 aromatic heterocycles. The van der Waals surface area contributed by atoms with Crippen LogP contribution in [0.5, 0.6) is 5.75 Å². The number of furan rings is 1. The van der Waals surface area contributed by atoms with Crippen LogP contribution in [0.3, 0.4) is 0 Å². The van der Waals surface area contributed by atoms with Crippen LogP contribution in [-0.2, 0) is 4.79 Å². The quantitative estimate of drug-likeness (QED) is 0.552. The van der Waals surface area contributed by atoms with Gasteiger partial charge in [0.25, 0.3) is 5.91 Å². The Hall–Kier alpha value is -3.35. The van der Waals surface area contributed by atoms with Gasteiger partial charge in [0.2, 0.25) is 5.91 Å². The highest BCUT2D eigenvalue weighted by Crippen LogP contribution is 2.31. The lowest BCUT2D eigenvalue weighted by Crippen LogP contribution is -2.50. The zero-order chi connectivity index (χ0) is 22.5. The Bertz CT molecular complexity index is 1060. The van der Waals surface area contributed by atoms with Gasteiger partial charge >= 0.3 is 0 Å². The van der Waals surface area contributed by atoms with E-state index in [0.29, 0.717) is 23.7 Å². The third-order valence-electron chi connectivity index (χ3n) is 4.95. The monoisotopic (exact) mass is 426 g/mol. The summed E-state index contributed by atoms with van der Waals surface area (Å²) in [6.45, 7) is 7.92. The van der Waals surface area contributed by atoms with E-state index in [1.54, 1.807) is 0 Å². The van der Waals surface area contributed by atoms with Gasteiger partial charge in [0.05, 0.1) is 12.6 Å². The second-order valence-corrected chi connectivity index (χ2v) is 7.69. The van der Waals surface area contributed by atoms with E-state index in [2.05, 4.69) is 10.6 Å². The molecule has 0 aliphatic heterocycles. The Morgan fingerprint density at radius 1 is 1.06 bits per heavy atom. The molecule has 2 atom stereocenters. The molecular weight excluding hydrogens is 399 g/mol. The molecule has 3 rings (SSSR count). The van der Waals surface area contributed by atoms with Crippen molar-refractivity contribution in [3.8, 4) is 5.75 Å². The predicted octanol–water partition coefficient (Wildman–Crippen LogP) is 4.60. The van der Waals surface area contributed by atoms with Crippen LogP contribution in [0.1, 0.15) is 49.9 Å². The molecule has 0 saturated carbocycles. The van der Waals surface area contributed by atoms with Crippen molar-refractivity contribution in [1.29, 1.82) is 0 Å². The summed E-state index contributed by atoms with van der Waals surface area (Å²) in [5.41, 5.74) is 0.916. The van der Waals surface area contributed by atoms with Gasteiger partial charge in [0.15, 0.2) is 11.3 Å². The zero-order valence-corrected chi connectivity index (χ0v) is 18.1. The highest BCUT2D eigenvalue weighted by Gasteiger charge is 2.27. The number of hydrogen-bond acceptors (Lipinski definition) is 4. The van der Waals surface area contributed by atoms with Gasteiger partial charge in [-0.3, -0.25) is 9.59 Å². The first-order chi connectivity index (χ1) is 14.8. The minimum Gasteiger partial charge on any atom is -0.490 e. The summed E-state index contributed by atoms with van der Waals surface area (Å²) in [6, 6.07) is 11.5. The molecule has 0 aliphatic carbocycles. The molecule has 1 heterocycles. The molecule has 0 radical (unpaired) electrons. The minimum absolute atomic E-state index is 0.156. The molecule has 164 valence electrons. The molecule has 0 aliphatic rings. The maximum absolute atomic E-state index is 13.1. The van der Waals surface area contributed by atoms with Crippen molar-refractivity contribution in [3.63, 3.8) is 0 Å². The summed E-state index contributed by atoms with van der Waals surface area (Å²) in [4.78, 5) is 25.4. The van der Waals surface area contributed by atoms with Crippen LogP contribution in [0.15, 0.2) is 52.9 Å². The smallest absolute Gasteiger partial charge is 0.251 e. The van der Waals surface area contributed by atoms with Crippen molar-refractivity contribution in [3.05, 3.63) is 65.7 Å². The van der Waals surface area contributed by atoms with Gasteiger partial charge in [-0.1, -0.05) is 26.0 Å². The van der Waals surface area contributed by atoms with Crippen molar-refractivity contribution >= 4 is 22.8 Å². The van der Waals surface area contributed by atoms with Gasteiger partial charge in [-0.25, -0.2) is 4.39 Å². The fourth-order valence-corrected chi connectivity index (χ4v) is 3.27. The maximum Gasteiger partial charge on any atom is 0.251 e. The summed E-state index contributed by atoms with van der Waals surface area (Å²) < 4.78 is 24.7. The lowest BCUT2D eigenvalue weighted by atomic mass is 10.0. The number of para-hydroxylation sites is 1. The van der Waals surface area contributed by atoms with Crippen LogP contribution in [0, 0.1) is 11.7 Å². The van der Waals surface area contributed by atoms with Gasteiger partial charge in [-0.2, -0.15) is 0 Å². The van der Waals surface area contributed by atoms with Crippen molar-refractivity contribution in [2.24, 2.45) is 5.92 Å². The molecule has 2 aromatic carbocycles. The van der Waals surface area contributed by atoms with Crippen LogP contribution in [0.2, 0.25) is 0 Å². The second-order valence-electron chi connectivity index (χ2n) is 7.69. The third-order valence-corrected chi connectivity index (χ3v) is 4.95. The molecule has 0 spiro atoms. The lowest BCUT2D eigenvalue weighted by molar-refractivity contribution is -0.124. The van der Waals surface area contributed by atoms with Crippen LogP contribution >= 0.6 is 0 Å². The van der Waals surface area contributed by atoms with Crippen LogP contribution in [-0.4, -0.2) is 24.5 Å². The Morgan fingerprint density at radius 2 is 1.77 bits per heavy atom. The van der Waals surface area contributed by atoms with E-state index in [1.165, 1.54) is 24.3 Å². The second kappa shape index (κ2) is 9.64. The molecule has 6 nitrogen and oxygen atoms in total. The number of carbonyl (C=O) groups is 2. The molecular formula is C24H27FN2O4. The Labute approximate surface area is 180 Å². The molecule has 0 bridgehead atoms. The molecule has 7 heteroatoms. The topological polar surface area (TPSA) is 80.6 Å². The van der Waals surface area contributed by atoms with Gasteiger partial charge < -0.3 is 19.8 Å². The normalized spacial score (nSPS) is 13.1. The fraction of sp³-hybridized carbons (Fsp3) is 0.333. The molecule has 2 N–H and O–H groups in total. The summed E-state index contributed by atoms with van der Waals surface area (Å²) in [6.07, 6.45) is 0. The molecule has 3 aromatic rings. The van der Waals surface area contributed by atoms with Crippen LogP contribution in [0.25, 0.3) is 11.0 Å². The number of amides is 2. The average molecular weight is 426 g/mol. The number of nitrogens with one attached hydrogen (secondary N) is 2. The molecule has 31 heavy (non-hydrogen) atoms. The first-order valence-corrected chi connectivity index (χ1v) is 10.3. The highest BCUT2D eigenvalue weighted by molar-refractivity contribution is 5.97. The first-order valence-electron chi connectivity index (χ1n) is 10.3. The largest absolute Gasteiger partial charge is 0.490 e. The van der Waals surface area contributed by atoms with Crippen LogP contribution in [0.4, 0.5) is 4.39 Å². The molecule has 0 saturated heterocycles. The first kappa shape index (κ1) is 22.3. The summed E-state index contributed by atoms with van der Waals surface area (Å²) in [5, 5.41) is 6.53. The molecule has 0 fully saturated rings. The number of benzene rings is 2. The lowest BCUT2D eigenvalue weighted by Gasteiger charge is -2.23. The van der Waals surface area contributed by atoms with Gasteiger partial charge in [-0.05, 0) is 56.2 Å². The highest BCUT2D eigenvalue weighted by atomic mass is 19.1. The van der Waals surface area contributed by atoms with Crippen molar-refractivity contribution < 1.29 is 23.1 Å². The van der Waals surface area contributed by atoms with Gasteiger partial charge in [-0.15, -0.1) is 0 Å². The van der Waals surface area contributed by atoms with Crippen molar-refractivity contribution in [1.82, 2.24) is 10.6 Å². The SMILES string of the molecule is CCOc1cccc2cc(C(C)NC(=O)C(NC(=O)c3ccc(F)cc3)C(C)C)oc12. The van der Waals surface area contributed by atoms with Gasteiger partial charge in [0.1, 0.15) is 17.6 Å². The Balaban J connectivity index is 1.73. The Kier molecular flexibility index (Phi) is 6.95. The summed E-state index contributed by atoms with van der Waals surface area (Å²) >= 11 is 0.